The molecule has 0 spiro atoms. The van der Waals surface area contributed by atoms with Gasteiger partial charge < -0.3 is 9.88 Å². The number of benzene rings is 1. The molecule has 1 aromatic carbocycles. The highest BCUT2D eigenvalue weighted by molar-refractivity contribution is 5.77. The molecule has 0 fully saturated rings. The maximum atomic E-state index is 12.2. The highest BCUT2D eigenvalue weighted by Gasteiger charge is 2.13. The topological polar surface area (TPSA) is 72.7 Å². The van der Waals surface area contributed by atoms with Crippen molar-refractivity contribution in [2.24, 2.45) is 0 Å². The van der Waals surface area contributed by atoms with Crippen molar-refractivity contribution in [3.05, 3.63) is 78.8 Å². The summed E-state index contributed by atoms with van der Waals surface area (Å²) in [6.07, 6.45) is 6.47. The zero-order chi connectivity index (χ0) is 19.2. The number of aryl methyl sites for hydroxylation is 1. The van der Waals surface area contributed by atoms with E-state index in [1.165, 1.54) is 5.56 Å². The van der Waals surface area contributed by atoms with Crippen LogP contribution in [-0.4, -0.2) is 32.0 Å². The van der Waals surface area contributed by atoms with Crippen molar-refractivity contribution in [3.63, 3.8) is 0 Å². The van der Waals surface area contributed by atoms with Gasteiger partial charge in [-0.25, -0.2) is 9.97 Å². The first-order valence-corrected chi connectivity index (χ1v) is 9.33. The molecular weight excluding hydrogens is 350 g/mol. The molecule has 0 saturated heterocycles. The summed E-state index contributed by atoms with van der Waals surface area (Å²) in [4.78, 5) is 25.5. The zero-order valence-corrected chi connectivity index (χ0v) is 15.5. The number of fused-ring (bicyclic) bond motifs is 1. The maximum absolute atomic E-state index is 12.2. The minimum atomic E-state index is 0.0479. The van der Waals surface area contributed by atoms with E-state index in [9.17, 15) is 4.79 Å². The first-order chi connectivity index (χ1) is 13.8. The third-order valence-corrected chi connectivity index (χ3v) is 4.58. The fraction of sp³-hybridized carbons (Fsp3) is 0.182. The molecule has 0 saturated carbocycles. The highest BCUT2D eigenvalue weighted by Crippen LogP contribution is 2.22. The number of nitrogens with one attached hydrogen (secondary N) is 1. The lowest BCUT2D eigenvalue weighted by atomic mass is 10.1. The molecule has 0 atom stereocenters. The van der Waals surface area contributed by atoms with Crippen molar-refractivity contribution in [1.82, 2.24) is 24.8 Å². The Hall–Kier alpha value is -3.54. The first-order valence-electron chi connectivity index (χ1n) is 9.33. The molecule has 6 nitrogen and oxygen atoms in total. The summed E-state index contributed by atoms with van der Waals surface area (Å²) >= 11 is 0. The third kappa shape index (κ3) is 4.06. The number of carbonyl (C=O) groups excluding carboxylic acids is 1. The second-order valence-electron chi connectivity index (χ2n) is 6.50. The van der Waals surface area contributed by atoms with E-state index in [1.807, 2.05) is 59.2 Å². The number of hydrogen-bond acceptors (Lipinski definition) is 4. The summed E-state index contributed by atoms with van der Waals surface area (Å²) in [5.74, 6) is 0.876. The Morgan fingerprint density at radius 1 is 0.964 bits per heavy atom. The van der Waals surface area contributed by atoms with Crippen LogP contribution in [0, 0.1) is 0 Å². The molecule has 3 aromatic heterocycles. The van der Waals surface area contributed by atoms with Crippen LogP contribution in [0.4, 0.5) is 0 Å². The molecule has 0 aliphatic heterocycles. The Labute approximate surface area is 163 Å². The van der Waals surface area contributed by atoms with Gasteiger partial charge in [-0.2, -0.15) is 0 Å². The predicted molar refractivity (Wildman–Crippen MR) is 109 cm³/mol. The largest absolute Gasteiger partial charge is 0.354 e. The zero-order valence-electron chi connectivity index (χ0n) is 15.5. The van der Waals surface area contributed by atoms with Crippen LogP contribution in [0.3, 0.4) is 0 Å². The normalized spacial score (nSPS) is 10.9. The third-order valence-electron chi connectivity index (χ3n) is 4.58. The second kappa shape index (κ2) is 8.43. The molecule has 1 amide bonds. The Balaban J connectivity index is 1.43. The van der Waals surface area contributed by atoms with Gasteiger partial charge in [0.25, 0.3) is 0 Å². The van der Waals surface area contributed by atoms with E-state index < -0.39 is 0 Å². The van der Waals surface area contributed by atoms with Crippen LogP contribution in [0.2, 0.25) is 0 Å². The first kappa shape index (κ1) is 17.9. The molecule has 0 bridgehead atoms. The van der Waals surface area contributed by atoms with Gasteiger partial charge in [0.15, 0.2) is 5.65 Å². The molecule has 4 rings (SSSR count). The van der Waals surface area contributed by atoms with E-state index in [2.05, 4.69) is 15.3 Å². The van der Waals surface area contributed by atoms with Crippen molar-refractivity contribution < 1.29 is 4.79 Å². The van der Waals surface area contributed by atoms with Crippen LogP contribution in [0.5, 0.6) is 0 Å². The smallest absolute Gasteiger partial charge is 0.220 e. The van der Waals surface area contributed by atoms with Gasteiger partial charge in [-0.15, -0.1) is 0 Å². The van der Waals surface area contributed by atoms with E-state index in [1.54, 1.807) is 18.6 Å². The quantitative estimate of drug-likeness (QED) is 0.541. The van der Waals surface area contributed by atoms with Gasteiger partial charge in [0, 0.05) is 43.7 Å². The van der Waals surface area contributed by atoms with Crippen LogP contribution in [0.15, 0.2) is 73.2 Å². The number of pyridine rings is 2. The Morgan fingerprint density at radius 3 is 2.61 bits per heavy atom. The van der Waals surface area contributed by atoms with Crippen molar-refractivity contribution in [2.75, 3.05) is 6.54 Å². The van der Waals surface area contributed by atoms with Crippen LogP contribution in [-0.2, 0) is 17.8 Å². The summed E-state index contributed by atoms with van der Waals surface area (Å²) < 4.78 is 2.04. The van der Waals surface area contributed by atoms with Crippen LogP contribution in [0.1, 0.15) is 12.0 Å². The Kier molecular flexibility index (Phi) is 5.38. The number of nitrogens with zero attached hydrogens (tertiary/aromatic N) is 4. The Bertz CT molecular complexity index is 1060. The summed E-state index contributed by atoms with van der Waals surface area (Å²) in [5.41, 5.74) is 3.79. The fourth-order valence-electron chi connectivity index (χ4n) is 3.19. The lowest BCUT2D eigenvalue weighted by Gasteiger charge is -2.10. The summed E-state index contributed by atoms with van der Waals surface area (Å²) in [6, 6.07) is 17.7. The molecule has 3 heterocycles. The van der Waals surface area contributed by atoms with E-state index in [4.69, 9.17) is 4.98 Å². The van der Waals surface area contributed by atoms with Crippen molar-refractivity contribution in [3.8, 4) is 11.4 Å². The number of amides is 1. The van der Waals surface area contributed by atoms with E-state index >= 15 is 0 Å². The lowest BCUT2D eigenvalue weighted by Crippen LogP contribution is -2.27. The summed E-state index contributed by atoms with van der Waals surface area (Å²) in [7, 11) is 0. The molecule has 0 aliphatic rings. The van der Waals surface area contributed by atoms with Gasteiger partial charge in [-0.05, 0) is 36.2 Å². The average molecular weight is 371 g/mol. The average Bonchev–Trinajstić information content (AvgIpc) is 3.12. The van der Waals surface area contributed by atoms with Gasteiger partial charge >= 0.3 is 0 Å². The van der Waals surface area contributed by atoms with Crippen molar-refractivity contribution in [1.29, 1.82) is 0 Å². The number of imidazole rings is 1. The van der Waals surface area contributed by atoms with Crippen LogP contribution >= 0.6 is 0 Å². The Morgan fingerprint density at radius 2 is 1.79 bits per heavy atom. The minimum absolute atomic E-state index is 0.0479. The molecule has 28 heavy (non-hydrogen) atoms. The fourth-order valence-corrected chi connectivity index (χ4v) is 3.19. The van der Waals surface area contributed by atoms with Gasteiger partial charge in [0.2, 0.25) is 5.91 Å². The molecular formula is C22H21N5O. The standard InChI is InChI=1S/C22H21N5O/c28-20(9-8-17-5-2-1-3-6-17)24-15-16-27-21(18-10-13-23-14-11-18)26-19-7-4-12-25-22(19)27/h1-7,10-14H,8-9,15-16H2,(H,24,28). The highest BCUT2D eigenvalue weighted by atomic mass is 16.1. The predicted octanol–water partition coefficient (Wildman–Crippen LogP) is 3.24. The van der Waals surface area contributed by atoms with E-state index in [-0.39, 0.29) is 5.91 Å². The van der Waals surface area contributed by atoms with Gasteiger partial charge in [0.1, 0.15) is 11.3 Å². The van der Waals surface area contributed by atoms with Crippen LogP contribution < -0.4 is 5.32 Å². The number of aromatic nitrogens is 4. The lowest BCUT2D eigenvalue weighted by molar-refractivity contribution is -0.121. The maximum Gasteiger partial charge on any atom is 0.220 e. The van der Waals surface area contributed by atoms with Crippen LogP contribution in [0.25, 0.3) is 22.6 Å². The van der Waals surface area contributed by atoms with Gasteiger partial charge in [0.05, 0.1) is 0 Å². The SMILES string of the molecule is O=C(CCc1ccccc1)NCCn1c(-c2ccncc2)nc2cccnc21. The molecule has 1 N–H and O–H groups in total. The minimum Gasteiger partial charge on any atom is -0.354 e. The number of rotatable bonds is 7. The van der Waals surface area contributed by atoms with Crippen molar-refractivity contribution >= 4 is 17.1 Å². The molecule has 0 radical (unpaired) electrons. The van der Waals surface area contributed by atoms with Gasteiger partial charge in [-0.3, -0.25) is 9.78 Å². The summed E-state index contributed by atoms with van der Waals surface area (Å²) in [6.45, 7) is 1.12. The number of carbonyl (C=O) groups is 1. The molecule has 4 aromatic rings. The molecule has 0 unspecified atom stereocenters. The van der Waals surface area contributed by atoms with Crippen molar-refractivity contribution in [2.45, 2.75) is 19.4 Å². The van der Waals surface area contributed by atoms with E-state index in [0.29, 0.717) is 19.5 Å². The molecule has 140 valence electrons. The molecule has 6 heteroatoms. The monoisotopic (exact) mass is 371 g/mol. The van der Waals surface area contributed by atoms with E-state index in [0.717, 1.165) is 29.0 Å². The molecule has 0 aliphatic carbocycles. The van der Waals surface area contributed by atoms with Gasteiger partial charge in [-0.1, -0.05) is 30.3 Å². The number of hydrogen-bond donors (Lipinski definition) is 1. The second-order valence-corrected chi connectivity index (χ2v) is 6.50. The summed E-state index contributed by atoms with van der Waals surface area (Å²) in [5, 5.41) is 3.01.